The summed E-state index contributed by atoms with van der Waals surface area (Å²) in [5.41, 5.74) is 3.53. The molecule has 242 valence electrons. The summed E-state index contributed by atoms with van der Waals surface area (Å²) in [5, 5.41) is 6.73. The van der Waals surface area contributed by atoms with E-state index in [1.54, 1.807) is 4.68 Å². The van der Waals surface area contributed by atoms with Crippen LogP contribution in [0.4, 0.5) is 17.6 Å². The van der Waals surface area contributed by atoms with Crippen LogP contribution in [0.1, 0.15) is 94.7 Å². The van der Waals surface area contributed by atoms with Gasteiger partial charge in [-0.25, -0.2) is 9.07 Å². The molecule has 1 unspecified atom stereocenters. The molecule has 0 bridgehead atoms. The van der Waals surface area contributed by atoms with E-state index < -0.39 is 28.4 Å². The van der Waals surface area contributed by atoms with Crippen molar-refractivity contribution < 1.29 is 26.7 Å². The lowest BCUT2D eigenvalue weighted by atomic mass is 9.66. The summed E-state index contributed by atoms with van der Waals surface area (Å²) >= 11 is 0. The van der Waals surface area contributed by atoms with Crippen molar-refractivity contribution in [1.82, 2.24) is 9.78 Å². The molecular weight excluding hydrogens is 600 g/mol. The van der Waals surface area contributed by atoms with Crippen molar-refractivity contribution in [2.24, 2.45) is 0 Å². The number of nitrogens with zero attached hydrogens (tertiary/aromatic N) is 4. The quantitative estimate of drug-likeness (QED) is 0.139. The van der Waals surface area contributed by atoms with Gasteiger partial charge in [-0.3, -0.25) is 0 Å². The van der Waals surface area contributed by atoms with E-state index in [9.17, 15) is 13.2 Å². The Bertz CT molecular complexity index is 2100. The molecule has 8 rings (SSSR count). The number of benzene rings is 2. The van der Waals surface area contributed by atoms with Crippen molar-refractivity contribution in [3.05, 3.63) is 101 Å². The van der Waals surface area contributed by atoms with Crippen LogP contribution in [0, 0.1) is 5.82 Å². The van der Waals surface area contributed by atoms with Gasteiger partial charge in [-0.2, -0.15) is 27.4 Å². The molecule has 2 aliphatic heterocycles. The minimum absolute atomic E-state index is 0.297. The zero-order valence-corrected chi connectivity index (χ0v) is 27.6. The predicted molar refractivity (Wildman–Crippen MR) is 173 cm³/mol. The Morgan fingerprint density at radius 1 is 0.936 bits per heavy atom. The number of pyridine rings is 2. The molecule has 47 heavy (non-hydrogen) atoms. The maximum atomic E-state index is 16.6. The summed E-state index contributed by atoms with van der Waals surface area (Å²) in [5.74, 6) is -0.297. The standard InChI is InChI=1S/C39H40F4N4/c1-6-9-12-24-14-15-26-32-25(24)18-20-46-35(32)33-27(16-17-28(40)34(33)36(26,4)5)38(22-37(46,7-2)8-3)23-45-19-11-10-13-29(45)30-21-31(39(41,42)43)44-47(30)38/h10-11,13-21H,6-9,12,22-23H2,1-5H3/q+2. The third-order valence-corrected chi connectivity index (χ3v) is 11.7. The molecule has 0 fully saturated rings. The molecule has 1 atom stereocenters. The monoisotopic (exact) mass is 640 g/mol. The number of hydrogen-bond acceptors (Lipinski definition) is 1. The molecule has 4 nitrogen and oxygen atoms in total. The van der Waals surface area contributed by atoms with E-state index in [4.69, 9.17) is 0 Å². The zero-order valence-electron chi connectivity index (χ0n) is 27.6. The number of alkyl halides is 3. The van der Waals surface area contributed by atoms with Gasteiger partial charge in [0.2, 0.25) is 11.4 Å². The maximum Gasteiger partial charge on any atom is 0.435 e. The van der Waals surface area contributed by atoms with Gasteiger partial charge >= 0.3 is 6.18 Å². The van der Waals surface area contributed by atoms with Gasteiger partial charge in [0.05, 0.1) is 10.9 Å². The maximum absolute atomic E-state index is 16.6. The van der Waals surface area contributed by atoms with Crippen LogP contribution in [-0.2, 0) is 35.6 Å². The van der Waals surface area contributed by atoms with Crippen molar-refractivity contribution in [3.63, 3.8) is 0 Å². The highest BCUT2D eigenvalue weighted by Gasteiger charge is 2.60. The summed E-state index contributed by atoms with van der Waals surface area (Å²) in [6.45, 7) is 11.1. The van der Waals surface area contributed by atoms with Gasteiger partial charge < -0.3 is 0 Å². The first kappa shape index (κ1) is 30.3. The highest BCUT2D eigenvalue weighted by Crippen LogP contribution is 2.57. The fourth-order valence-electron chi connectivity index (χ4n) is 9.28. The number of rotatable bonds is 5. The van der Waals surface area contributed by atoms with Gasteiger partial charge in [-0.15, -0.1) is 0 Å². The Hall–Kier alpha value is -4.07. The van der Waals surface area contributed by atoms with Crippen LogP contribution in [-0.4, -0.2) is 9.78 Å². The van der Waals surface area contributed by atoms with Gasteiger partial charge in [0.1, 0.15) is 11.5 Å². The Balaban J connectivity index is 1.57. The molecule has 0 saturated heterocycles. The Kier molecular flexibility index (Phi) is 6.42. The second-order valence-electron chi connectivity index (χ2n) is 14.3. The van der Waals surface area contributed by atoms with Crippen LogP contribution >= 0.6 is 0 Å². The summed E-state index contributed by atoms with van der Waals surface area (Å²) in [7, 11) is 0. The number of aromatic nitrogens is 4. The second kappa shape index (κ2) is 9.97. The van der Waals surface area contributed by atoms with E-state index in [-0.39, 0.29) is 5.82 Å². The molecule has 3 aromatic heterocycles. The smallest absolute Gasteiger partial charge is 0.241 e. The van der Waals surface area contributed by atoms with Gasteiger partial charge in [-0.1, -0.05) is 59.2 Å². The first-order valence-electron chi connectivity index (χ1n) is 16.9. The predicted octanol–water partition coefficient (Wildman–Crippen LogP) is 8.76. The van der Waals surface area contributed by atoms with Crippen LogP contribution < -0.4 is 9.13 Å². The molecule has 0 N–H and O–H groups in total. The fraction of sp³-hybridized carbons (Fsp3) is 0.410. The molecule has 5 heterocycles. The summed E-state index contributed by atoms with van der Waals surface area (Å²) < 4.78 is 66.1. The van der Waals surface area contributed by atoms with Gasteiger partial charge in [0.25, 0.3) is 0 Å². The number of unbranched alkanes of at least 4 members (excludes halogenated alkanes) is 1. The Labute approximate surface area is 272 Å². The van der Waals surface area contributed by atoms with E-state index >= 15 is 4.39 Å². The lowest BCUT2D eigenvalue weighted by Gasteiger charge is -2.40. The number of halogens is 4. The molecule has 1 spiro atoms. The molecule has 0 amide bonds. The van der Waals surface area contributed by atoms with Crippen LogP contribution in [0.25, 0.3) is 33.4 Å². The Morgan fingerprint density at radius 3 is 2.43 bits per heavy atom. The van der Waals surface area contributed by atoms with Crippen molar-refractivity contribution in [1.29, 1.82) is 0 Å². The SMILES string of the molecule is CCCCc1ccc2c3c4[n+](ccc13)C(CC)(CC)CC1(C[n+]3ccccc3-c3cc(C(F)(F)F)nn31)c1ccc(F)c(c1-4)C2(C)C. The molecule has 2 aromatic carbocycles. The molecule has 5 aromatic rings. The summed E-state index contributed by atoms with van der Waals surface area (Å²) in [6, 6.07) is 16.8. The van der Waals surface area contributed by atoms with Crippen molar-refractivity contribution in [2.75, 3.05) is 0 Å². The van der Waals surface area contributed by atoms with E-state index in [1.807, 2.05) is 30.5 Å². The van der Waals surface area contributed by atoms with Gasteiger partial charge in [-0.05, 0) is 41.5 Å². The average Bonchev–Trinajstić information content (AvgIpc) is 3.49. The third-order valence-electron chi connectivity index (χ3n) is 11.7. The largest absolute Gasteiger partial charge is 0.435 e. The van der Waals surface area contributed by atoms with Gasteiger partial charge in [0.15, 0.2) is 35.7 Å². The van der Waals surface area contributed by atoms with Crippen LogP contribution in [0.15, 0.2) is 67.0 Å². The number of aryl methyl sites for hydroxylation is 1. The molecule has 8 heteroatoms. The van der Waals surface area contributed by atoms with E-state index in [2.05, 4.69) is 73.2 Å². The molecule has 0 radical (unpaired) electrons. The lowest BCUT2D eigenvalue weighted by Crippen LogP contribution is -2.62. The van der Waals surface area contributed by atoms with Crippen molar-refractivity contribution in [3.8, 4) is 22.6 Å². The minimum Gasteiger partial charge on any atom is -0.241 e. The van der Waals surface area contributed by atoms with E-state index in [0.29, 0.717) is 29.9 Å². The lowest BCUT2D eigenvalue weighted by molar-refractivity contribution is -0.761. The highest BCUT2D eigenvalue weighted by atomic mass is 19.4. The van der Waals surface area contributed by atoms with E-state index in [0.717, 1.165) is 59.9 Å². The van der Waals surface area contributed by atoms with Crippen LogP contribution in [0.3, 0.4) is 0 Å². The molecule has 1 aliphatic carbocycles. The second-order valence-corrected chi connectivity index (χ2v) is 14.3. The average molecular weight is 641 g/mol. The fourth-order valence-corrected chi connectivity index (χ4v) is 9.28. The molecule has 3 aliphatic rings. The first-order chi connectivity index (χ1) is 22.4. The highest BCUT2D eigenvalue weighted by molar-refractivity contribution is 6.02. The minimum atomic E-state index is -4.62. The first-order valence-corrected chi connectivity index (χ1v) is 16.9. The number of fused-ring (bicyclic) bond motifs is 5. The van der Waals surface area contributed by atoms with Gasteiger partial charge in [0, 0.05) is 60.1 Å². The Morgan fingerprint density at radius 2 is 1.70 bits per heavy atom. The van der Waals surface area contributed by atoms with Crippen molar-refractivity contribution >= 4 is 10.8 Å². The summed E-state index contributed by atoms with van der Waals surface area (Å²) in [4.78, 5) is 0. The summed E-state index contributed by atoms with van der Waals surface area (Å²) in [6.07, 6.45) is 4.56. The topological polar surface area (TPSA) is 25.6 Å². The van der Waals surface area contributed by atoms with Crippen LogP contribution in [0.5, 0.6) is 0 Å². The van der Waals surface area contributed by atoms with Crippen LogP contribution in [0.2, 0.25) is 0 Å². The van der Waals surface area contributed by atoms with E-state index in [1.165, 1.54) is 23.1 Å². The van der Waals surface area contributed by atoms with Crippen molar-refractivity contribution in [2.45, 2.75) is 102 Å². The normalized spacial score (nSPS) is 19.9. The number of hydrogen-bond donors (Lipinski definition) is 0. The molecular formula is C39H40F4N4+2. The third kappa shape index (κ3) is 3.90. The molecule has 0 saturated carbocycles. The zero-order chi connectivity index (χ0) is 33.1.